The van der Waals surface area contributed by atoms with Crippen molar-refractivity contribution < 1.29 is 5.11 Å². The van der Waals surface area contributed by atoms with Crippen LogP contribution >= 0.6 is 0 Å². The first kappa shape index (κ1) is 7.11. The third-order valence-corrected chi connectivity index (χ3v) is 2.98. The molecule has 0 aromatic rings. The summed E-state index contributed by atoms with van der Waals surface area (Å²) >= 11 is 0. The molecule has 0 aliphatic heterocycles. The fraction of sp³-hybridized carbons (Fsp3) is 0.600. The summed E-state index contributed by atoms with van der Waals surface area (Å²) in [5, 5.41) is 10.1. The van der Waals surface area contributed by atoms with Gasteiger partial charge in [-0.25, -0.2) is 0 Å². The van der Waals surface area contributed by atoms with Gasteiger partial charge >= 0.3 is 0 Å². The topological polar surface area (TPSA) is 20.2 Å². The van der Waals surface area contributed by atoms with Crippen molar-refractivity contribution in [1.82, 2.24) is 0 Å². The molecule has 2 aliphatic rings. The smallest absolute Gasteiger partial charge is 0.0750 e. The van der Waals surface area contributed by atoms with Crippen molar-refractivity contribution in [3.8, 4) is 0 Å². The summed E-state index contributed by atoms with van der Waals surface area (Å²) in [6, 6.07) is 0. The van der Waals surface area contributed by atoms with E-state index in [1.807, 2.05) is 6.08 Å². The maximum absolute atomic E-state index is 10.1. The Morgan fingerprint density at radius 2 is 2.45 bits per heavy atom. The second-order valence-electron chi connectivity index (χ2n) is 3.79. The highest BCUT2D eigenvalue weighted by atomic mass is 16.3. The van der Waals surface area contributed by atoms with E-state index < -0.39 is 5.60 Å². The zero-order valence-electron chi connectivity index (χ0n) is 6.66. The van der Waals surface area contributed by atoms with Gasteiger partial charge in [0.2, 0.25) is 0 Å². The van der Waals surface area contributed by atoms with E-state index >= 15 is 0 Å². The van der Waals surface area contributed by atoms with Crippen molar-refractivity contribution in [3.63, 3.8) is 0 Å². The molecule has 0 aromatic heterocycles. The largest absolute Gasteiger partial charge is 0.389 e. The first-order chi connectivity index (χ1) is 5.24. The van der Waals surface area contributed by atoms with Crippen molar-refractivity contribution >= 4 is 0 Å². The highest BCUT2D eigenvalue weighted by molar-refractivity contribution is 5.17. The van der Waals surface area contributed by atoms with E-state index in [2.05, 4.69) is 18.7 Å². The molecule has 0 aromatic carbocycles. The Balaban J connectivity index is 2.16. The van der Waals surface area contributed by atoms with Gasteiger partial charge in [-0.2, -0.15) is 0 Å². The summed E-state index contributed by atoms with van der Waals surface area (Å²) in [4.78, 5) is 0. The maximum Gasteiger partial charge on any atom is 0.0750 e. The fourth-order valence-electron chi connectivity index (χ4n) is 2.41. The van der Waals surface area contributed by atoms with E-state index in [1.165, 1.54) is 0 Å². The van der Waals surface area contributed by atoms with Crippen LogP contribution in [0.25, 0.3) is 0 Å². The third kappa shape index (κ3) is 0.951. The van der Waals surface area contributed by atoms with Gasteiger partial charge in [0.15, 0.2) is 0 Å². The van der Waals surface area contributed by atoms with E-state index in [-0.39, 0.29) is 0 Å². The Morgan fingerprint density at radius 1 is 1.64 bits per heavy atom. The van der Waals surface area contributed by atoms with Crippen LogP contribution in [0.3, 0.4) is 0 Å². The normalized spacial score (nSPS) is 46.6. The molecule has 3 unspecified atom stereocenters. The lowest BCUT2D eigenvalue weighted by Crippen LogP contribution is -2.32. The minimum absolute atomic E-state index is 0.408. The molecule has 3 atom stereocenters. The predicted octanol–water partition coefficient (Wildman–Crippen LogP) is 1.89. The van der Waals surface area contributed by atoms with Gasteiger partial charge in [0.25, 0.3) is 0 Å². The molecule has 2 aliphatic carbocycles. The monoisotopic (exact) mass is 150 g/mol. The van der Waals surface area contributed by atoms with Gasteiger partial charge in [-0.15, -0.1) is 6.58 Å². The van der Waals surface area contributed by atoms with E-state index in [4.69, 9.17) is 0 Å². The highest BCUT2D eigenvalue weighted by Crippen LogP contribution is 2.47. The van der Waals surface area contributed by atoms with Gasteiger partial charge in [0.05, 0.1) is 5.60 Å². The molecule has 60 valence electrons. The zero-order chi connectivity index (χ0) is 7.90. The molecule has 1 nitrogen and oxygen atoms in total. The van der Waals surface area contributed by atoms with E-state index in [1.54, 1.807) is 0 Å². The Bertz CT molecular complexity index is 207. The number of hydrogen-bond donors (Lipinski definition) is 1. The van der Waals surface area contributed by atoms with Gasteiger partial charge < -0.3 is 5.11 Å². The summed E-state index contributed by atoms with van der Waals surface area (Å²) in [5.74, 6) is 1.05. The molecule has 0 heterocycles. The molecular formula is C10H14O. The molecule has 0 amide bonds. The minimum atomic E-state index is -0.443. The molecule has 0 saturated heterocycles. The Kier molecular flexibility index (Phi) is 1.43. The number of allylic oxidation sites excluding steroid dienone is 1. The maximum atomic E-state index is 10.1. The Morgan fingerprint density at radius 3 is 2.91 bits per heavy atom. The fourth-order valence-corrected chi connectivity index (χ4v) is 2.41. The summed E-state index contributed by atoms with van der Waals surface area (Å²) in [7, 11) is 0. The van der Waals surface area contributed by atoms with Crippen molar-refractivity contribution in [2.24, 2.45) is 11.8 Å². The van der Waals surface area contributed by atoms with Crippen LogP contribution in [0.5, 0.6) is 0 Å². The number of hydrogen-bond acceptors (Lipinski definition) is 1. The summed E-state index contributed by atoms with van der Waals surface area (Å²) in [6.07, 6.45) is 9.08. The molecule has 1 fully saturated rings. The lowest BCUT2D eigenvalue weighted by molar-refractivity contribution is 0.0180. The molecule has 2 bridgehead atoms. The second kappa shape index (κ2) is 2.21. The standard InChI is InChI=1S/C10H14O/c1-2-5-10(11)7-8-3-4-9(10)6-8/h2-4,8-9,11H,1,5-7H2. The van der Waals surface area contributed by atoms with Gasteiger partial charge in [-0.1, -0.05) is 18.2 Å². The average molecular weight is 150 g/mol. The van der Waals surface area contributed by atoms with Gasteiger partial charge in [-0.3, -0.25) is 0 Å². The lowest BCUT2D eigenvalue weighted by atomic mass is 9.85. The van der Waals surface area contributed by atoms with Crippen LogP contribution < -0.4 is 0 Å². The number of fused-ring (bicyclic) bond motifs is 2. The average Bonchev–Trinajstić information content (AvgIpc) is 2.45. The van der Waals surface area contributed by atoms with Crippen molar-refractivity contribution in [3.05, 3.63) is 24.8 Å². The minimum Gasteiger partial charge on any atom is -0.389 e. The third-order valence-electron chi connectivity index (χ3n) is 2.98. The van der Waals surface area contributed by atoms with Crippen LogP contribution in [0, 0.1) is 11.8 Å². The summed E-state index contributed by atoms with van der Waals surface area (Å²) < 4.78 is 0. The van der Waals surface area contributed by atoms with Gasteiger partial charge in [-0.05, 0) is 25.2 Å². The molecule has 1 saturated carbocycles. The quantitative estimate of drug-likeness (QED) is 0.596. The lowest BCUT2D eigenvalue weighted by Gasteiger charge is -2.28. The molecule has 1 heteroatoms. The SMILES string of the molecule is C=CCC1(O)CC2C=CC1C2. The Labute approximate surface area is 67.4 Å². The molecule has 11 heavy (non-hydrogen) atoms. The highest BCUT2D eigenvalue weighted by Gasteiger charge is 2.45. The van der Waals surface area contributed by atoms with Gasteiger partial charge in [0.1, 0.15) is 0 Å². The van der Waals surface area contributed by atoms with Gasteiger partial charge in [0, 0.05) is 5.92 Å². The van der Waals surface area contributed by atoms with Crippen LogP contribution in [0.15, 0.2) is 24.8 Å². The van der Waals surface area contributed by atoms with Crippen LogP contribution in [0.1, 0.15) is 19.3 Å². The predicted molar refractivity (Wildman–Crippen MR) is 45.1 cm³/mol. The second-order valence-corrected chi connectivity index (χ2v) is 3.79. The number of aliphatic hydroxyl groups is 1. The molecule has 1 N–H and O–H groups in total. The molecule has 2 rings (SSSR count). The van der Waals surface area contributed by atoms with Crippen molar-refractivity contribution in [2.75, 3.05) is 0 Å². The van der Waals surface area contributed by atoms with Crippen LogP contribution in [-0.2, 0) is 0 Å². The molecular weight excluding hydrogens is 136 g/mol. The van der Waals surface area contributed by atoms with E-state index in [0.717, 1.165) is 19.3 Å². The van der Waals surface area contributed by atoms with Crippen molar-refractivity contribution in [1.29, 1.82) is 0 Å². The van der Waals surface area contributed by atoms with Crippen LogP contribution in [0.4, 0.5) is 0 Å². The zero-order valence-corrected chi connectivity index (χ0v) is 6.66. The summed E-state index contributed by atoms with van der Waals surface area (Å²) in [5.41, 5.74) is -0.443. The first-order valence-electron chi connectivity index (χ1n) is 4.26. The molecule has 0 spiro atoms. The van der Waals surface area contributed by atoms with E-state index in [0.29, 0.717) is 11.8 Å². The van der Waals surface area contributed by atoms with Crippen LogP contribution in [-0.4, -0.2) is 10.7 Å². The molecule has 0 radical (unpaired) electrons. The Hall–Kier alpha value is -0.560. The van der Waals surface area contributed by atoms with E-state index in [9.17, 15) is 5.11 Å². The van der Waals surface area contributed by atoms with Crippen molar-refractivity contribution in [2.45, 2.75) is 24.9 Å². The number of rotatable bonds is 2. The first-order valence-corrected chi connectivity index (χ1v) is 4.26. The summed E-state index contributed by atoms with van der Waals surface area (Å²) in [6.45, 7) is 3.67. The van der Waals surface area contributed by atoms with Crippen LogP contribution in [0.2, 0.25) is 0 Å².